The molecule has 1 aliphatic heterocycles. The molecule has 0 spiro atoms. The minimum Gasteiger partial charge on any atom is -0.393 e. The summed E-state index contributed by atoms with van der Waals surface area (Å²) < 4.78 is 12.2. The van der Waals surface area contributed by atoms with Crippen molar-refractivity contribution in [2.45, 2.75) is 90.1 Å². The molecule has 4 heteroatoms. The molecule has 0 radical (unpaired) electrons. The molecule has 0 bridgehead atoms. The third-order valence-corrected chi connectivity index (χ3v) is 9.77. The molecule has 1 saturated heterocycles. The summed E-state index contributed by atoms with van der Waals surface area (Å²) in [7, 11) is 0. The molecule has 5 rings (SSSR count). The zero-order valence-electron chi connectivity index (χ0n) is 18.0. The van der Waals surface area contributed by atoms with Crippen molar-refractivity contribution in [3.63, 3.8) is 0 Å². The number of hydrogen-bond acceptors (Lipinski definition) is 4. The highest BCUT2D eigenvalue weighted by molar-refractivity contribution is 5.28. The molecule has 0 amide bonds. The first kappa shape index (κ1) is 19.5. The highest BCUT2D eigenvalue weighted by Gasteiger charge is 2.67. The normalized spacial score (nSPS) is 55.2. The predicted octanol–water partition coefficient (Wildman–Crippen LogP) is 4.05. The van der Waals surface area contributed by atoms with Gasteiger partial charge in [0.1, 0.15) is 0 Å². The fourth-order valence-corrected chi connectivity index (χ4v) is 9.01. The fraction of sp³-hybridized carbons (Fsp3) is 0.917. The molecule has 4 aliphatic carbocycles. The number of allylic oxidation sites excluding steroid dienone is 1. The van der Waals surface area contributed by atoms with Gasteiger partial charge >= 0.3 is 0 Å². The molecule has 5 aliphatic rings. The first-order valence-electron chi connectivity index (χ1n) is 11.5. The molecule has 1 heterocycles. The van der Waals surface area contributed by atoms with Gasteiger partial charge in [0.05, 0.1) is 24.9 Å². The standard InChI is InChI=1S/C24H38O4/c1-21-10-9-16(25)13-15(21)5-6-17-18-7-8-19(24(4)27-11-12-28-24)22(18,2)14-23(3,26)20(17)21/h5,16-20,25-26H,6-14H2,1-4H3/t16-,17?,18?,19-,20?,21-,22-,23-/m0/s1. The van der Waals surface area contributed by atoms with Crippen molar-refractivity contribution in [2.75, 3.05) is 13.2 Å². The molecule has 0 aromatic heterocycles. The van der Waals surface area contributed by atoms with E-state index in [1.54, 1.807) is 0 Å². The van der Waals surface area contributed by atoms with Crippen LogP contribution in [0.3, 0.4) is 0 Å². The van der Waals surface area contributed by atoms with E-state index in [1.807, 2.05) is 0 Å². The van der Waals surface area contributed by atoms with Gasteiger partial charge in [0.2, 0.25) is 0 Å². The monoisotopic (exact) mass is 390 g/mol. The highest BCUT2D eigenvalue weighted by Crippen LogP contribution is 2.70. The van der Waals surface area contributed by atoms with E-state index in [9.17, 15) is 10.2 Å². The number of hydrogen-bond donors (Lipinski definition) is 2. The van der Waals surface area contributed by atoms with E-state index >= 15 is 0 Å². The van der Waals surface area contributed by atoms with Crippen molar-refractivity contribution in [1.29, 1.82) is 0 Å². The summed E-state index contributed by atoms with van der Waals surface area (Å²) in [6.45, 7) is 10.4. The van der Waals surface area contributed by atoms with Crippen LogP contribution in [0.15, 0.2) is 11.6 Å². The van der Waals surface area contributed by atoms with E-state index in [2.05, 4.69) is 33.8 Å². The lowest BCUT2D eigenvalue weighted by molar-refractivity contribution is -0.238. The lowest BCUT2D eigenvalue weighted by Gasteiger charge is -2.63. The van der Waals surface area contributed by atoms with Gasteiger partial charge in [0.15, 0.2) is 5.79 Å². The van der Waals surface area contributed by atoms with E-state index in [4.69, 9.17) is 9.47 Å². The second-order valence-electron chi connectivity index (χ2n) is 11.4. The van der Waals surface area contributed by atoms with Crippen molar-refractivity contribution in [3.05, 3.63) is 11.6 Å². The average molecular weight is 391 g/mol. The minimum absolute atomic E-state index is 0.0231. The van der Waals surface area contributed by atoms with E-state index in [1.165, 1.54) is 12.0 Å². The van der Waals surface area contributed by atoms with Crippen molar-refractivity contribution >= 4 is 0 Å². The first-order valence-corrected chi connectivity index (χ1v) is 11.5. The second kappa shape index (κ2) is 6.06. The number of rotatable bonds is 1. The third kappa shape index (κ3) is 2.50. The number of aliphatic hydroxyl groups is 2. The van der Waals surface area contributed by atoms with Gasteiger partial charge < -0.3 is 19.7 Å². The van der Waals surface area contributed by atoms with Crippen molar-refractivity contribution in [3.8, 4) is 0 Å². The van der Waals surface area contributed by atoms with E-state index in [0.717, 1.165) is 38.5 Å². The van der Waals surface area contributed by atoms with Crippen LogP contribution >= 0.6 is 0 Å². The number of fused-ring (bicyclic) bond motifs is 5. The summed E-state index contributed by atoms with van der Waals surface area (Å²) in [5.74, 6) is 1.23. The summed E-state index contributed by atoms with van der Waals surface area (Å²) in [5.41, 5.74) is 0.763. The van der Waals surface area contributed by atoms with Gasteiger partial charge in [0, 0.05) is 5.92 Å². The van der Waals surface area contributed by atoms with Gasteiger partial charge in [-0.3, -0.25) is 0 Å². The fourth-order valence-electron chi connectivity index (χ4n) is 9.01. The molecular formula is C24H38O4. The quantitative estimate of drug-likeness (QED) is 0.663. The Hall–Kier alpha value is -0.420. The Morgan fingerprint density at radius 3 is 2.46 bits per heavy atom. The highest BCUT2D eigenvalue weighted by atomic mass is 16.7. The van der Waals surface area contributed by atoms with Crippen LogP contribution in [0.2, 0.25) is 0 Å². The maximum Gasteiger partial charge on any atom is 0.169 e. The van der Waals surface area contributed by atoms with Gasteiger partial charge in [-0.15, -0.1) is 0 Å². The Morgan fingerprint density at radius 1 is 1.04 bits per heavy atom. The summed E-state index contributed by atoms with van der Waals surface area (Å²) >= 11 is 0. The van der Waals surface area contributed by atoms with Crippen LogP contribution in [-0.2, 0) is 9.47 Å². The molecule has 0 aromatic rings. The van der Waals surface area contributed by atoms with Crippen LogP contribution in [0.5, 0.6) is 0 Å². The van der Waals surface area contributed by atoms with E-state index in [-0.39, 0.29) is 22.9 Å². The lowest BCUT2D eigenvalue weighted by atomic mass is 9.43. The van der Waals surface area contributed by atoms with Crippen LogP contribution in [0.4, 0.5) is 0 Å². The molecule has 0 aromatic carbocycles. The molecule has 4 fully saturated rings. The maximum absolute atomic E-state index is 11.9. The molecule has 158 valence electrons. The van der Waals surface area contributed by atoms with Crippen LogP contribution in [0, 0.1) is 34.5 Å². The summed E-state index contributed by atoms with van der Waals surface area (Å²) in [6, 6.07) is 0. The van der Waals surface area contributed by atoms with Gasteiger partial charge in [-0.2, -0.15) is 0 Å². The molecular weight excluding hydrogens is 352 g/mol. The second-order valence-corrected chi connectivity index (χ2v) is 11.4. The lowest BCUT2D eigenvalue weighted by Crippen LogP contribution is -2.62. The smallest absolute Gasteiger partial charge is 0.169 e. The zero-order chi connectivity index (χ0) is 19.9. The molecule has 28 heavy (non-hydrogen) atoms. The van der Waals surface area contributed by atoms with Crippen molar-refractivity contribution in [2.24, 2.45) is 34.5 Å². The third-order valence-electron chi connectivity index (χ3n) is 9.77. The summed E-state index contributed by atoms with van der Waals surface area (Å²) in [4.78, 5) is 0. The minimum atomic E-state index is -0.704. The van der Waals surface area contributed by atoms with Crippen molar-refractivity contribution in [1.82, 2.24) is 0 Å². The van der Waals surface area contributed by atoms with Crippen LogP contribution in [-0.4, -0.2) is 40.9 Å². The molecule has 3 saturated carbocycles. The Labute approximate surface area is 169 Å². The molecule has 2 N–H and O–H groups in total. The summed E-state index contributed by atoms with van der Waals surface area (Å²) in [5, 5.41) is 22.2. The largest absolute Gasteiger partial charge is 0.393 e. The average Bonchev–Trinajstić information content (AvgIpc) is 3.18. The Morgan fingerprint density at radius 2 is 1.75 bits per heavy atom. The van der Waals surface area contributed by atoms with Crippen LogP contribution in [0.1, 0.15) is 72.6 Å². The van der Waals surface area contributed by atoms with Gasteiger partial charge in [-0.25, -0.2) is 0 Å². The van der Waals surface area contributed by atoms with Crippen molar-refractivity contribution < 1.29 is 19.7 Å². The van der Waals surface area contributed by atoms with Gasteiger partial charge in [-0.05, 0) is 87.4 Å². The molecule has 8 atom stereocenters. The maximum atomic E-state index is 11.9. The SMILES string of the molecule is CC1([C@H]2CCC3C4CC=C5C[C@@H](O)CC[C@]5(C)C4[C@@](C)(O)C[C@@]32C)OCCO1. The molecule has 4 nitrogen and oxygen atoms in total. The van der Waals surface area contributed by atoms with Crippen LogP contribution in [0.25, 0.3) is 0 Å². The predicted molar refractivity (Wildman–Crippen MR) is 108 cm³/mol. The number of ether oxygens (including phenoxy) is 2. The van der Waals surface area contributed by atoms with E-state index in [0.29, 0.717) is 31.0 Å². The van der Waals surface area contributed by atoms with Gasteiger partial charge in [0.25, 0.3) is 0 Å². The van der Waals surface area contributed by atoms with E-state index < -0.39 is 11.4 Å². The zero-order valence-corrected chi connectivity index (χ0v) is 18.0. The summed E-state index contributed by atoms with van der Waals surface area (Å²) in [6.07, 6.45) is 9.08. The topological polar surface area (TPSA) is 58.9 Å². The Kier molecular flexibility index (Phi) is 4.23. The van der Waals surface area contributed by atoms with Gasteiger partial charge in [-0.1, -0.05) is 25.5 Å². The van der Waals surface area contributed by atoms with Crippen LogP contribution < -0.4 is 0 Å². The first-order chi connectivity index (χ1) is 13.1. The molecule has 3 unspecified atom stereocenters. The Balaban J connectivity index is 1.54. The Bertz CT molecular complexity index is 678. The number of aliphatic hydroxyl groups excluding tert-OH is 1.